The van der Waals surface area contributed by atoms with Gasteiger partial charge in [0.25, 0.3) is 0 Å². The Morgan fingerprint density at radius 3 is 2.51 bits per heavy atom. The van der Waals surface area contributed by atoms with Crippen molar-refractivity contribution in [1.82, 2.24) is 29.3 Å². The van der Waals surface area contributed by atoms with E-state index >= 15 is 0 Å². The second-order valence-electron chi connectivity index (χ2n) is 8.37. The number of halogens is 2. The Bertz CT molecular complexity index is 1570. The molecule has 0 spiro atoms. The molecule has 0 amide bonds. The molecular weight excluding hydrogens is 497 g/mol. The Morgan fingerprint density at radius 1 is 1.03 bits per heavy atom. The molecule has 0 aliphatic rings. The maximum Gasteiger partial charge on any atom is 0.300 e. The molecule has 37 heavy (non-hydrogen) atoms. The Balaban J connectivity index is 1.47. The van der Waals surface area contributed by atoms with Gasteiger partial charge in [0.1, 0.15) is 5.75 Å². The van der Waals surface area contributed by atoms with Crippen molar-refractivity contribution >= 4 is 34.4 Å². The van der Waals surface area contributed by atoms with Crippen LogP contribution >= 0.6 is 11.6 Å². The third-order valence-electron chi connectivity index (χ3n) is 5.63. The van der Waals surface area contributed by atoms with E-state index < -0.39 is 12.2 Å². The Labute approximate surface area is 216 Å². The summed E-state index contributed by atoms with van der Waals surface area (Å²) in [6, 6.07) is 18.1. The number of alkyl halides is 1. The number of benzene rings is 2. The molecule has 0 saturated heterocycles. The lowest BCUT2D eigenvalue weighted by Gasteiger charge is -2.16. The molecule has 0 fully saturated rings. The van der Waals surface area contributed by atoms with Gasteiger partial charge in [-0.25, -0.2) is 4.98 Å². The van der Waals surface area contributed by atoms with E-state index in [2.05, 4.69) is 25.5 Å². The lowest BCUT2D eigenvalue weighted by molar-refractivity contribution is 0.449. The van der Waals surface area contributed by atoms with E-state index in [0.29, 0.717) is 52.5 Å². The summed E-state index contributed by atoms with van der Waals surface area (Å²) in [4.78, 5) is 21.8. The van der Waals surface area contributed by atoms with Gasteiger partial charge < -0.3 is 14.6 Å². The molecule has 9 nitrogen and oxygen atoms in total. The standard InChI is InChI=1S/C26H23ClFN7O2/c1-17-3-12-22(33-32-17)37-21-10-8-20(9-11-21)30-26-31-25(36)23-24(29-16-34(23)14-2-13-28)35(26)15-18-4-6-19(27)7-5-18/h3-12,16H,2,13-15H2,1H3,(H,30,31,36). The summed E-state index contributed by atoms with van der Waals surface area (Å²) in [6.45, 7) is 2.09. The molecule has 2 aromatic carbocycles. The minimum Gasteiger partial charge on any atom is -0.438 e. The summed E-state index contributed by atoms with van der Waals surface area (Å²) < 4.78 is 22.0. The minimum absolute atomic E-state index is 0.282. The number of aryl methyl sites for hydroxylation is 2. The molecule has 5 aromatic rings. The van der Waals surface area contributed by atoms with E-state index in [1.54, 1.807) is 53.4 Å². The molecule has 0 saturated carbocycles. The summed E-state index contributed by atoms with van der Waals surface area (Å²) in [5, 5.41) is 11.8. The summed E-state index contributed by atoms with van der Waals surface area (Å²) in [7, 11) is 0. The molecule has 5 rings (SSSR count). The maximum atomic E-state index is 13.0. The molecule has 11 heteroatoms. The second-order valence-corrected chi connectivity index (χ2v) is 8.81. The highest BCUT2D eigenvalue weighted by atomic mass is 35.5. The third-order valence-corrected chi connectivity index (χ3v) is 5.88. The number of aromatic nitrogens is 6. The highest BCUT2D eigenvalue weighted by Gasteiger charge is 2.17. The van der Waals surface area contributed by atoms with Crippen LogP contribution in [0.5, 0.6) is 11.6 Å². The highest BCUT2D eigenvalue weighted by Crippen LogP contribution is 2.24. The normalized spacial score (nSPS) is 11.1. The number of anilines is 2. The van der Waals surface area contributed by atoms with Crippen molar-refractivity contribution in [1.29, 1.82) is 0 Å². The fourth-order valence-electron chi connectivity index (χ4n) is 3.81. The van der Waals surface area contributed by atoms with E-state index in [0.717, 1.165) is 11.3 Å². The van der Waals surface area contributed by atoms with Gasteiger partial charge in [0.2, 0.25) is 11.8 Å². The van der Waals surface area contributed by atoms with Gasteiger partial charge >= 0.3 is 5.56 Å². The Hall–Kier alpha value is -4.31. The van der Waals surface area contributed by atoms with Gasteiger partial charge in [0, 0.05) is 23.3 Å². The van der Waals surface area contributed by atoms with Crippen LogP contribution < -0.4 is 15.6 Å². The van der Waals surface area contributed by atoms with Crippen molar-refractivity contribution < 1.29 is 9.13 Å². The number of nitrogens with one attached hydrogen (secondary N) is 1. The van der Waals surface area contributed by atoms with Gasteiger partial charge in [-0.2, -0.15) is 10.1 Å². The molecule has 3 aromatic heterocycles. The number of nitrogens with zero attached hydrogens (tertiary/aromatic N) is 6. The Kier molecular flexibility index (Phi) is 7.09. The SMILES string of the molecule is Cc1ccc(Oc2ccc(Nc3nc(=O)c4c(ncn4CCCF)n3Cc3ccc(Cl)cc3)cc2)nn1. The Morgan fingerprint density at radius 2 is 1.81 bits per heavy atom. The van der Waals surface area contributed by atoms with Crippen LogP contribution in [-0.4, -0.2) is 36.0 Å². The number of rotatable bonds is 9. The molecular formula is C26H23ClFN7O2. The first-order valence-electron chi connectivity index (χ1n) is 11.6. The topological polar surface area (TPSA) is 99.8 Å². The van der Waals surface area contributed by atoms with Crippen molar-refractivity contribution in [2.24, 2.45) is 0 Å². The number of hydrogen-bond acceptors (Lipinski definition) is 7. The molecule has 0 bridgehead atoms. The zero-order valence-corrected chi connectivity index (χ0v) is 20.7. The van der Waals surface area contributed by atoms with Crippen molar-refractivity contribution in [3.63, 3.8) is 0 Å². The van der Waals surface area contributed by atoms with Gasteiger partial charge in [-0.1, -0.05) is 23.7 Å². The summed E-state index contributed by atoms with van der Waals surface area (Å²) in [5.74, 6) is 1.29. The zero-order chi connectivity index (χ0) is 25.8. The predicted octanol–water partition coefficient (Wildman–Crippen LogP) is 5.29. The molecule has 188 valence electrons. The average molecular weight is 520 g/mol. The van der Waals surface area contributed by atoms with Gasteiger partial charge in [-0.15, -0.1) is 5.10 Å². The van der Waals surface area contributed by atoms with Crippen LogP contribution in [-0.2, 0) is 13.1 Å². The van der Waals surface area contributed by atoms with E-state index in [4.69, 9.17) is 16.3 Å². The van der Waals surface area contributed by atoms with Crippen LogP contribution in [0, 0.1) is 6.92 Å². The largest absolute Gasteiger partial charge is 0.438 e. The fourth-order valence-corrected chi connectivity index (χ4v) is 3.94. The van der Waals surface area contributed by atoms with Crippen LogP contribution in [0.2, 0.25) is 5.02 Å². The number of fused-ring (bicyclic) bond motifs is 1. The van der Waals surface area contributed by atoms with Crippen molar-refractivity contribution in [3.8, 4) is 11.6 Å². The van der Waals surface area contributed by atoms with Gasteiger partial charge in [0.15, 0.2) is 11.2 Å². The van der Waals surface area contributed by atoms with Gasteiger partial charge in [-0.05, 0) is 61.4 Å². The van der Waals surface area contributed by atoms with E-state index in [1.807, 2.05) is 29.7 Å². The highest BCUT2D eigenvalue weighted by molar-refractivity contribution is 6.30. The van der Waals surface area contributed by atoms with Crippen LogP contribution in [0.4, 0.5) is 16.0 Å². The van der Waals surface area contributed by atoms with Crippen LogP contribution in [0.15, 0.2) is 71.8 Å². The number of ether oxygens (including phenoxy) is 1. The third kappa shape index (κ3) is 5.59. The number of hydrogen-bond donors (Lipinski definition) is 1. The predicted molar refractivity (Wildman–Crippen MR) is 140 cm³/mol. The zero-order valence-electron chi connectivity index (χ0n) is 19.9. The van der Waals surface area contributed by atoms with E-state index in [9.17, 15) is 9.18 Å². The van der Waals surface area contributed by atoms with Crippen LogP contribution in [0.3, 0.4) is 0 Å². The molecule has 0 aliphatic heterocycles. The molecule has 3 heterocycles. The maximum absolute atomic E-state index is 13.0. The van der Waals surface area contributed by atoms with Crippen LogP contribution in [0.25, 0.3) is 11.2 Å². The second kappa shape index (κ2) is 10.8. The average Bonchev–Trinajstić information content (AvgIpc) is 3.33. The van der Waals surface area contributed by atoms with E-state index in [-0.39, 0.29) is 6.42 Å². The quantitative estimate of drug-likeness (QED) is 0.282. The summed E-state index contributed by atoms with van der Waals surface area (Å²) in [5.41, 5.74) is 2.77. The van der Waals surface area contributed by atoms with Gasteiger partial charge in [0.05, 0.1) is 25.2 Å². The summed E-state index contributed by atoms with van der Waals surface area (Å²) >= 11 is 6.05. The van der Waals surface area contributed by atoms with Gasteiger partial charge in [-0.3, -0.25) is 13.8 Å². The molecule has 0 radical (unpaired) electrons. The molecule has 0 atom stereocenters. The van der Waals surface area contributed by atoms with Crippen molar-refractivity contribution in [2.75, 3.05) is 12.0 Å². The number of imidazole rings is 1. The van der Waals surface area contributed by atoms with Crippen molar-refractivity contribution in [3.05, 3.63) is 93.6 Å². The smallest absolute Gasteiger partial charge is 0.300 e. The lowest BCUT2D eigenvalue weighted by atomic mass is 10.2. The summed E-state index contributed by atoms with van der Waals surface area (Å²) in [6.07, 6.45) is 1.83. The monoisotopic (exact) mass is 519 g/mol. The molecule has 1 N–H and O–H groups in total. The first-order chi connectivity index (χ1) is 18.0. The first kappa shape index (κ1) is 24.4. The van der Waals surface area contributed by atoms with Crippen LogP contribution in [0.1, 0.15) is 17.7 Å². The lowest BCUT2D eigenvalue weighted by Crippen LogP contribution is -2.20. The van der Waals surface area contributed by atoms with E-state index in [1.165, 1.54) is 0 Å². The molecule has 0 aliphatic carbocycles. The fraction of sp³-hybridized carbons (Fsp3) is 0.192. The van der Waals surface area contributed by atoms with Crippen molar-refractivity contribution in [2.45, 2.75) is 26.4 Å². The minimum atomic E-state index is -0.484. The molecule has 0 unspecified atom stereocenters. The first-order valence-corrected chi connectivity index (χ1v) is 12.0.